The number of hydrogen-bond acceptors (Lipinski definition) is 5. The molecule has 0 aromatic heterocycles. The van der Waals surface area contributed by atoms with Crippen molar-refractivity contribution >= 4 is 29.8 Å². The van der Waals surface area contributed by atoms with E-state index in [2.05, 4.69) is 4.99 Å². The average Bonchev–Trinajstić information content (AvgIpc) is 2.93. The highest BCUT2D eigenvalue weighted by molar-refractivity contribution is 6.05. The number of benzene rings is 2. The van der Waals surface area contributed by atoms with E-state index in [1.54, 1.807) is 17.0 Å². The molecule has 0 radical (unpaired) electrons. The lowest BCUT2D eigenvalue weighted by Crippen LogP contribution is -2.35. The van der Waals surface area contributed by atoms with E-state index in [-0.39, 0.29) is 18.9 Å². The van der Waals surface area contributed by atoms with Crippen LogP contribution in [-0.2, 0) is 4.79 Å². The smallest absolute Gasteiger partial charge is 0.250 e. The van der Waals surface area contributed by atoms with Crippen molar-refractivity contribution in [3.8, 4) is 11.1 Å². The Balaban J connectivity index is 1.93. The molecule has 3 N–H and O–H groups in total. The number of carbonyl (C=O) groups excluding carboxylic acids is 2. The molecule has 156 valence electrons. The number of hydrogen-bond donors (Lipinski definition) is 2. The van der Waals surface area contributed by atoms with Crippen LogP contribution in [0.5, 0.6) is 0 Å². The predicted molar refractivity (Wildman–Crippen MR) is 120 cm³/mol. The molecule has 6 nitrogen and oxygen atoms in total. The standard InChI is InChI=1S/C24H27N3O3/c1-2-10-27(11-3-12-28)24(30)21-13-20-9-8-19(14-22(20)26-23(25)15-21)18-6-4-17(16-29)5-7-18/h4-9,13-14,16,28H,2-3,10-12,15H2,1H3,(H2,25,26). The summed E-state index contributed by atoms with van der Waals surface area (Å²) in [7, 11) is 0. The van der Waals surface area contributed by atoms with E-state index in [0.29, 0.717) is 42.2 Å². The van der Waals surface area contributed by atoms with Crippen molar-refractivity contribution in [2.75, 3.05) is 19.7 Å². The van der Waals surface area contributed by atoms with E-state index in [9.17, 15) is 9.59 Å². The molecule has 2 aromatic rings. The van der Waals surface area contributed by atoms with Gasteiger partial charge in [0.15, 0.2) is 0 Å². The number of carbonyl (C=O) groups is 2. The van der Waals surface area contributed by atoms with Gasteiger partial charge in [0.1, 0.15) is 12.1 Å². The number of aldehydes is 1. The van der Waals surface area contributed by atoms with Crippen LogP contribution in [0, 0.1) is 0 Å². The summed E-state index contributed by atoms with van der Waals surface area (Å²) in [6.07, 6.45) is 4.36. The zero-order valence-electron chi connectivity index (χ0n) is 17.2. The molecule has 0 atom stereocenters. The van der Waals surface area contributed by atoms with Crippen molar-refractivity contribution in [3.05, 3.63) is 59.2 Å². The monoisotopic (exact) mass is 405 g/mol. The van der Waals surface area contributed by atoms with Crippen LogP contribution in [0.3, 0.4) is 0 Å². The average molecular weight is 405 g/mol. The van der Waals surface area contributed by atoms with E-state index in [0.717, 1.165) is 29.4 Å². The van der Waals surface area contributed by atoms with Gasteiger partial charge in [0, 0.05) is 42.8 Å². The van der Waals surface area contributed by atoms with Crippen molar-refractivity contribution in [2.24, 2.45) is 10.7 Å². The van der Waals surface area contributed by atoms with Crippen molar-refractivity contribution in [2.45, 2.75) is 26.2 Å². The second-order valence-corrected chi connectivity index (χ2v) is 7.33. The van der Waals surface area contributed by atoms with Gasteiger partial charge < -0.3 is 15.7 Å². The first-order valence-corrected chi connectivity index (χ1v) is 10.2. The molecule has 0 bridgehead atoms. The largest absolute Gasteiger partial charge is 0.396 e. The highest BCUT2D eigenvalue weighted by Gasteiger charge is 2.21. The summed E-state index contributed by atoms with van der Waals surface area (Å²) in [6.45, 7) is 3.22. The second kappa shape index (κ2) is 9.98. The van der Waals surface area contributed by atoms with Crippen molar-refractivity contribution < 1.29 is 14.7 Å². The number of aliphatic imine (C=N–C) groups is 1. The molecule has 0 saturated heterocycles. The molecule has 0 spiro atoms. The van der Waals surface area contributed by atoms with E-state index in [4.69, 9.17) is 10.8 Å². The maximum atomic E-state index is 13.1. The first-order valence-electron chi connectivity index (χ1n) is 10.2. The van der Waals surface area contributed by atoms with Crippen molar-refractivity contribution in [1.29, 1.82) is 0 Å². The van der Waals surface area contributed by atoms with Crippen LogP contribution in [0.2, 0.25) is 0 Å². The summed E-state index contributed by atoms with van der Waals surface area (Å²) < 4.78 is 0. The molecule has 0 aliphatic carbocycles. The number of rotatable bonds is 8. The molecule has 0 fully saturated rings. The fourth-order valence-electron chi connectivity index (χ4n) is 3.51. The lowest BCUT2D eigenvalue weighted by atomic mass is 10.00. The number of fused-ring (bicyclic) bond motifs is 1. The molecule has 6 heteroatoms. The van der Waals surface area contributed by atoms with Crippen LogP contribution in [0.4, 0.5) is 5.69 Å². The van der Waals surface area contributed by atoms with Gasteiger partial charge in [-0.15, -0.1) is 0 Å². The molecule has 1 aliphatic rings. The number of nitrogens with two attached hydrogens (primary N) is 1. The fraction of sp³-hybridized carbons (Fsp3) is 0.292. The van der Waals surface area contributed by atoms with Gasteiger partial charge in [-0.3, -0.25) is 9.59 Å². The summed E-state index contributed by atoms with van der Waals surface area (Å²) >= 11 is 0. The van der Waals surface area contributed by atoms with Gasteiger partial charge in [-0.1, -0.05) is 43.3 Å². The SMILES string of the molecule is CCCN(CCCO)C(=O)C1=Cc2ccc(-c3ccc(C=O)cc3)cc2N=C(N)C1. The maximum absolute atomic E-state index is 13.1. The zero-order valence-corrected chi connectivity index (χ0v) is 17.2. The summed E-state index contributed by atoms with van der Waals surface area (Å²) in [5, 5.41) is 9.13. The first-order chi connectivity index (χ1) is 14.5. The summed E-state index contributed by atoms with van der Waals surface area (Å²) in [5.74, 6) is 0.324. The summed E-state index contributed by atoms with van der Waals surface area (Å²) in [5.41, 5.74) is 10.8. The predicted octanol–water partition coefficient (Wildman–Crippen LogP) is 3.56. The Kier molecular flexibility index (Phi) is 7.14. The minimum atomic E-state index is -0.0650. The normalized spacial score (nSPS) is 13.0. The highest BCUT2D eigenvalue weighted by atomic mass is 16.3. The van der Waals surface area contributed by atoms with Gasteiger partial charge in [-0.25, -0.2) is 4.99 Å². The summed E-state index contributed by atoms with van der Waals surface area (Å²) in [6, 6.07) is 13.2. The Hall–Kier alpha value is -3.25. The molecule has 1 aliphatic heterocycles. The van der Waals surface area contributed by atoms with Crippen molar-refractivity contribution in [1.82, 2.24) is 4.90 Å². The van der Waals surface area contributed by atoms with Crippen LogP contribution < -0.4 is 5.73 Å². The number of amidine groups is 1. The molecule has 0 saturated carbocycles. The third-order valence-corrected chi connectivity index (χ3v) is 5.02. The molecular weight excluding hydrogens is 378 g/mol. The summed E-state index contributed by atoms with van der Waals surface area (Å²) in [4.78, 5) is 30.3. The fourth-order valence-corrected chi connectivity index (χ4v) is 3.51. The maximum Gasteiger partial charge on any atom is 0.250 e. The van der Waals surface area contributed by atoms with Gasteiger partial charge >= 0.3 is 0 Å². The van der Waals surface area contributed by atoms with E-state index in [1.807, 2.05) is 43.3 Å². The Labute approximate surface area is 176 Å². The van der Waals surface area contributed by atoms with Gasteiger partial charge in [-0.2, -0.15) is 0 Å². The Morgan fingerprint density at radius 2 is 1.90 bits per heavy atom. The molecule has 1 amide bonds. The topological polar surface area (TPSA) is 96.0 Å². The number of aliphatic hydroxyl groups is 1. The van der Waals surface area contributed by atoms with E-state index >= 15 is 0 Å². The lowest BCUT2D eigenvalue weighted by molar-refractivity contribution is -0.127. The molecule has 2 aromatic carbocycles. The second-order valence-electron chi connectivity index (χ2n) is 7.33. The van der Waals surface area contributed by atoms with Crippen molar-refractivity contribution in [3.63, 3.8) is 0 Å². The van der Waals surface area contributed by atoms with Crippen LogP contribution >= 0.6 is 0 Å². The number of aliphatic hydroxyl groups excluding tert-OH is 1. The lowest BCUT2D eigenvalue weighted by Gasteiger charge is -2.23. The van der Waals surface area contributed by atoms with Gasteiger partial charge in [-0.05, 0) is 36.1 Å². The highest BCUT2D eigenvalue weighted by Crippen LogP contribution is 2.32. The first kappa shape index (κ1) is 21.5. The van der Waals surface area contributed by atoms with Crippen LogP contribution in [0.15, 0.2) is 53.0 Å². The van der Waals surface area contributed by atoms with Crippen LogP contribution in [0.25, 0.3) is 17.2 Å². The quantitative estimate of drug-likeness (QED) is 0.656. The van der Waals surface area contributed by atoms with Crippen LogP contribution in [-0.4, -0.2) is 47.7 Å². The van der Waals surface area contributed by atoms with Gasteiger partial charge in [0.05, 0.1) is 5.69 Å². The molecule has 30 heavy (non-hydrogen) atoms. The minimum absolute atomic E-state index is 0.0512. The van der Waals surface area contributed by atoms with E-state index < -0.39 is 0 Å². The molecular formula is C24H27N3O3. The van der Waals surface area contributed by atoms with Crippen LogP contribution in [0.1, 0.15) is 42.1 Å². The molecule has 3 rings (SSSR count). The number of amides is 1. The third kappa shape index (κ3) is 5.02. The Morgan fingerprint density at radius 1 is 1.17 bits per heavy atom. The molecule has 0 unspecified atom stereocenters. The molecule has 1 heterocycles. The van der Waals surface area contributed by atoms with Gasteiger partial charge in [0.2, 0.25) is 5.91 Å². The third-order valence-electron chi connectivity index (χ3n) is 5.02. The Bertz CT molecular complexity index is 978. The zero-order chi connectivity index (χ0) is 21.5. The van der Waals surface area contributed by atoms with Gasteiger partial charge in [0.25, 0.3) is 0 Å². The Morgan fingerprint density at radius 3 is 2.57 bits per heavy atom. The van der Waals surface area contributed by atoms with E-state index in [1.165, 1.54) is 0 Å². The number of nitrogens with zero attached hydrogens (tertiary/aromatic N) is 2. The minimum Gasteiger partial charge on any atom is -0.396 e.